The molecule has 1 unspecified atom stereocenters. The lowest BCUT2D eigenvalue weighted by molar-refractivity contribution is -0.147. The van der Waals surface area contributed by atoms with Crippen molar-refractivity contribution >= 4 is 34.9 Å². The van der Waals surface area contributed by atoms with Gasteiger partial charge in [-0.15, -0.1) is 0 Å². The highest BCUT2D eigenvalue weighted by Gasteiger charge is 2.22. The number of Topliss-reactive ketones (excluding diaryl/α,β-unsaturated/α-hetero) is 1. The molecule has 3 rings (SSSR count). The SMILES string of the molecule is CCC(OC(=O)CCCC(=O)Nc1ccc(Oc2ccccc2Cl)cc1)C(=O)c1ccccc1. The van der Waals surface area contributed by atoms with E-state index in [-0.39, 0.29) is 24.5 Å². The van der Waals surface area contributed by atoms with E-state index >= 15 is 0 Å². The van der Waals surface area contributed by atoms with Crippen LogP contribution in [0.25, 0.3) is 0 Å². The zero-order valence-corrected chi connectivity index (χ0v) is 19.6. The molecule has 0 radical (unpaired) electrons. The molecule has 7 heteroatoms. The molecule has 3 aromatic rings. The molecule has 0 spiro atoms. The summed E-state index contributed by atoms with van der Waals surface area (Å²) >= 11 is 6.09. The number of para-hydroxylation sites is 1. The van der Waals surface area contributed by atoms with Gasteiger partial charge < -0.3 is 14.8 Å². The summed E-state index contributed by atoms with van der Waals surface area (Å²) < 4.78 is 11.1. The summed E-state index contributed by atoms with van der Waals surface area (Å²) in [6, 6.07) is 22.8. The molecule has 0 aliphatic heterocycles. The van der Waals surface area contributed by atoms with Crippen LogP contribution < -0.4 is 10.1 Å². The van der Waals surface area contributed by atoms with Crippen LogP contribution in [-0.4, -0.2) is 23.8 Å². The molecule has 0 heterocycles. The van der Waals surface area contributed by atoms with Crippen molar-refractivity contribution in [1.29, 1.82) is 0 Å². The van der Waals surface area contributed by atoms with Crippen molar-refractivity contribution in [3.05, 3.63) is 89.4 Å². The summed E-state index contributed by atoms with van der Waals surface area (Å²) in [7, 11) is 0. The van der Waals surface area contributed by atoms with E-state index in [9.17, 15) is 14.4 Å². The number of carbonyl (C=O) groups is 3. The minimum Gasteiger partial charge on any atom is -0.456 e. The van der Waals surface area contributed by atoms with Crippen molar-refractivity contribution < 1.29 is 23.9 Å². The van der Waals surface area contributed by atoms with Gasteiger partial charge in [-0.2, -0.15) is 0 Å². The number of ether oxygens (including phenoxy) is 2. The lowest BCUT2D eigenvalue weighted by atomic mass is 10.0. The van der Waals surface area contributed by atoms with E-state index in [4.69, 9.17) is 21.1 Å². The topological polar surface area (TPSA) is 81.7 Å². The smallest absolute Gasteiger partial charge is 0.306 e. The first kappa shape index (κ1) is 25.0. The summed E-state index contributed by atoms with van der Waals surface area (Å²) in [6.45, 7) is 1.79. The summed E-state index contributed by atoms with van der Waals surface area (Å²) in [6.07, 6.45) is 0.0764. The maximum absolute atomic E-state index is 12.5. The van der Waals surface area contributed by atoms with Gasteiger partial charge >= 0.3 is 5.97 Å². The maximum Gasteiger partial charge on any atom is 0.306 e. The van der Waals surface area contributed by atoms with Crippen LogP contribution in [0.4, 0.5) is 5.69 Å². The van der Waals surface area contributed by atoms with Crippen LogP contribution in [0, 0.1) is 0 Å². The molecule has 1 N–H and O–H groups in total. The molecule has 3 aromatic carbocycles. The number of esters is 1. The fourth-order valence-electron chi connectivity index (χ4n) is 3.21. The Morgan fingerprint density at radius 1 is 0.882 bits per heavy atom. The number of ketones is 1. The predicted octanol–water partition coefficient (Wildman–Crippen LogP) is 6.45. The summed E-state index contributed by atoms with van der Waals surface area (Å²) in [5.74, 6) is 0.189. The van der Waals surface area contributed by atoms with Gasteiger partial charge in [0.2, 0.25) is 11.7 Å². The lowest BCUT2D eigenvalue weighted by Crippen LogP contribution is -2.26. The third kappa shape index (κ3) is 7.46. The van der Waals surface area contributed by atoms with Crippen molar-refractivity contribution in [2.75, 3.05) is 5.32 Å². The monoisotopic (exact) mass is 479 g/mol. The van der Waals surface area contributed by atoms with Gasteiger partial charge in [0.25, 0.3) is 0 Å². The van der Waals surface area contributed by atoms with Crippen molar-refractivity contribution in [2.24, 2.45) is 0 Å². The normalized spacial score (nSPS) is 11.4. The van der Waals surface area contributed by atoms with Crippen molar-refractivity contribution in [3.8, 4) is 11.5 Å². The average molecular weight is 480 g/mol. The van der Waals surface area contributed by atoms with Crippen LogP contribution in [0.15, 0.2) is 78.9 Å². The molecule has 1 atom stereocenters. The molecule has 176 valence electrons. The Balaban J connectivity index is 1.41. The van der Waals surface area contributed by atoms with E-state index in [2.05, 4.69) is 5.32 Å². The van der Waals surface area contributed by atoms with Gasteiger partial charge in [-0.3, -0.25) is 14.4 Å². The molecular formula is C27H26ClNO5. The van der Waals surface area contributed by atoms with Crippen LogP contribution in [0.2, 0.25) is 5.02 Å². The zero-order valence-electron chi connectivity index (χ0n) is 18.8. The van der Waals surface area contributed by atoms with E-state index in [1.54, 1.807) is 67.6 Å². The first-order valence-electron chi connectivity index (χ1n) is 11.1. The number of hydrogen-bond acceptors (Lipinski definition) is 5. The quantitative estimate of drug-likeness (QED) is 0.252. The Morgan fingerprint density at radius 2 is 1.56 bits per heavy atom. The molecule has 0 saturated heterocycles. The predicted molar refractivity (Wildman–Crippen MR) is 131 cm³/mol. The van der Waals surface area contributed by atoms with E-state index < -0.39 is 12.1 Å². The highest BCUT2D eigenvalue weighted by Crippen LogP contribution is 2.29. The summed E-state index contributed by atoms with van der Waals surface area (Å²) in [5, 5.41) is 3.29. The van der Waals surface area contributed by atoms with Crippen LogP contribution in [0.1, 0.15) is 43.0 Å². The number of nitrogens with one attached hydrogen (secondary N) is 1. The lowest BCUT2D eigenvalue weighted by Gasteiger charge is -2.15. The average Bonchev–Trinajstić information content (AvgIpc) is 2.85. The molecule has 1 amide bonds. The first-order chi connectivity index (χ1) is 16.5. The fraction of sp³-hybridized carbons (Fsp3) is 0.222. The number of amides is 1. The molecule has 6 nitrogen and oxygen atoms in total. The molecule has 0 aliphatic rings. The third-order valence-electron chi connectivity index (χ3n) is 4.98. The zero-order chi connectivity index (χ0) is 24.3. The second-order valence-corrected chi connectivity index (χ2v) is 7.98. The molecular weight excluding hydrogens is 454 g/mol. The molecule has 0 aliphatic carbocycles. The Kier molecular flexibility index (Phi) is 9.23. The third-order valence-corrected chi connectivity index (χ3v) is 5.29. The van der Waals surface area contributed by atoms with Gasteiger partial charge in [-0.25, -0.2) is 0 Å². The molecule has 0 saturated carbocycles. The number of rotatable bonds is 11. The molecule has 0 aromatic heterocycles. The Bertz CT molecular complexity index is 1120. The number of hydrogen-bond donors (Lipinski definition) is 1. The maximum atomic E-state index is 12.5. The number of carbonyl (C=O) groups excluding carboxylic acids is 3. The van der Waals surface area contributed by atoms with Crippen LogP contribution in [-0.2, 0) is 14.3 Å². The van der Waals surface area contributed by atoms with Gasteiger partial charge in [0.1, 0.15) is 11.5 Å². The molecule has 0 bridgehead atoms. The summed E-state index contributed by atoms with van der Waals surface area (Å²) in [4.78, 5) is 36.9. The number of halogens is 1. The highest BCUT2D eigenvalue weighted by molar-refractivity contribution is 6.32. The van der Waals surface area contributed by atoms with Gasteiger partial charge in [-0.05, 0) is 49.2 Å². The largest absolute Gasteiger partial charge is 0.456 e. The van der Waals surface area contributed by atoms with Crippen LogP contribution in [0.5, 0.6) is 11.5 Å². The highest BCUT2D eigenvalue weighted by atomic mass is 35.5. The van der Waals surface area contributed by atoms with Crippen molar-refractivity contribution in [3.63, 3.8) is 0 Å². The van der Waals surface area contributed by atoms with Gasteiger partial charge in [-0.1, -0.05) is 61.0 Å². The van der Waals surface area contributed by atoms with Gasteiger partial charge in [0.15, 0.2) is 6.10 Å². The van der Waals surface area contributed by atoms with Crippen LogP contribution >= 0.6 is 11.6 Å². The van der Waals surface area contributed by atoms with Gasteiger partial charge in [0, 0.05) is 24.1 Å². The minimum absolute atomic E-state index is 0.0522. The molecule has 34 heavy (non-hydrogen) atoms. The molecule has 0 fully saturated rings. The minimum atomic E-state index is -0.824. The Morgan fingerprint density at radius 3 is 2.24 bits per heavy atom. The van der Waals surface area contributed by atoms with Crippen LogP contribution in [0.3, 0.4) is 0 Å². The van der Waals surface area contributed by atoms with E-state index in [0.29, 0.717) is 40.6 Å². The van der Waals surface area contributed by atoms with Crippen molar-refractivity contribution in [2.45, 2.75) is 38.7 Å². The first-order valence-corrected chi connectivity index (χ1v) is 11.4. The number of benzene rings is 3. The Hall–Kier alpha value is -3.64. The fourth-order valence-corrected chi connectivity index (χ4v) is 3.38. The second-order valence-electron chi connectivity index (χ2n) is 7.58. The van der Waals surface area contributed by atoms with E-state index in [1.165, 1.54) is 0 Å². The number of anilines is 1. The van der Waals surface area contributed by atoms with E-state index in [0.717, 1.165) is 0 Å². The second kappa shape index (κ2) is 12.6. The standard InChI is InChI=1S/C27H26ClNO5/c1-2-23(27(32)19-9-4-3-5-10-19)34-26(31)14-8-13-25(30)29-20-15-17-21(18-16-20)33-24-12-7-6-11-22(24)28/h3-7,9-12,15-18,23H,2,8,13-14H2,1H3,(H,29,30). The summed E-state index contributed by atoms with van der Waals surface area (Å²) in [5.41, 5.74) is 1.11. The van der Waals surface area contributed by atoms with Crippen molar-refractivity contribution in [1.82, 2.24) is 0 Å². The van der Waals surface area contributed by atoms with E-state index in [1.807, 2.05) is 18.2 Å². The Labute approximate surface area is 203 Å². The van der Waals surface area contributed by atoms with Gasteiger partial charge in [0.05, 0.1) is 5.02 Å².